The molecule has 2 aromatic rings. The Morgan fingerprint density at radius 1 is 1.28 bits per heavy atom. The van der Waals surface area contributed by atoms with Gasteiger partial charge in [-0.1, -0.05) is 49.1 Å². The molecule has 0 radical (unpaired) electrons. The summed E-state index contributed by atoms with van der Waals surface area (Å²) < 4.78 is 10.1. The molecule has 1 aromatic carbocycles. The van der Waals surface area contributed by atoms with E-state index in [1.165, 1.54) is 18.3 Å². The summed E-state index contributed by atoms with van der Waals surface area (Å²) in [7, 11) is 0. The van der Waals surface area contributed by atoms with Gasteiger partial charge in [-0.2, -0.15) is 0 Å². The first-order valence-electron chi connectivity index (χ1n) is 7.77. The third-order valence-corrected chi connectivity index (χ3v) is 4.18. The molecular weight excluding hydrogens is 367 g/mol. The fourth-order valence-corrected chi connectivity index (χ4v) is 2.55. The molecule has 0 spiro atoms. The monoisotopic (exact) mass is 384 g/mol. The van der Waals surface area contributed by atoms with Gasteiger partial charge in [0.05, 0.1) is 34.1 Å². The number of carbonyl (C=O) groups excluding carboxylic acids is 2. The number of amides is 1. The Bertz CT molecular complexity index is 787. The van der Waals surface area contributed by atoms with E-state index in [9.17, 15) is 9.59 Å². The van der Waals surface area contributed by atoms with Gasteiger partial charge in [0, 0.05) is 11.5 Å². The second kappa shape index (κ2) is 8.36. The fourth-order valence-electron chi connectivity index (χ4n) is 2.18. The molecule has 1 N–H and O–H groups in total. The number of halogens is 2. The second-order valence-electron chi connectivity index (χ2n) is 5.63. The van der Waals surface area contributed by atoms with E-state index in [0.29, 0.717) is 17.7 Å². The van der Waals surface area contributed by atoms with E-state index in [4.69, 9.17) is 32.5 Å². The van der Waals surface area contributed by atoms with Gasteiger partial charge >= 0.3 is 6.09 Å². The number of nitrogens with zero attached hydrogens (tertiary/aromatic N) is 1. The molecule has 2 rings (SSSR count). The van der Waals surface area contributed by atoms with Crippen LogP contribution in [0.3, 0.4) is 0 Å². The molecule has 1 amide bonds. The van der Waals surface area contributed by atoms with Gasteiger partial charge in [-0.05, 0) is 18.6 Å². The first kappa shape index (κ1) is 19.3. The topological polar surface area (TPSA) is 81.4 Å². The Hall–Kier alpha value is -2.05. The van der Waals surface area contributed by atoms with Gasteiger partial charge in [0.25, 0.3) is 0 Å². The number of anilines is 1. The zero-order chi connectivity index (χ0) is 18.6. The molecule has 0 aliphatic carbocycles. The lowest BCUT2D eigenvalue weighted by atomic mass is 9.98. The number of nitrogens with one attached hydrogen (secondary N) is 1. The molecule has 0 aliphatic rings. The summed E-state index contributed by atoms with van der Waals surface area (Å²) in [6, 6.07) is 2.98. The van der Waals surface area contributed by atoms with E-state index in [1.54, 1.807) is 0 Å². The lowest BCUT2D eigenvalue weighted by Crippen LogP contribution is -2.17. The number of aromatic nitrogens is 1. The van der Waals surface area contributed by atoms with Crippen molar-refractivity contribution in [1.82, 2.24) is 5.16 Å². The molecule has 134 valence electrons. The summed E-state index contributed by atoms with van der Waals surface area (Å²) >= 11 is 12.2. The van der Waals surface area contributed by atoms with Crippen LogP contribution in [0, 0.1) is 0 Å². The van der Waals surface area contributed by atoms with Crippen molar-refractivity contribution < 1.29 is 18.8 Å². The highest BCUT2D eigenvalue weighted by atomic mass is 35.5. The Morgan fingerprint density at radius 3 is 2.64 bits per heavy atom. The number of benzene rings is 1. The van der Waals surface area contributed by atoms with Crippen LogP contribution in [0.2, 0.25) is 10.0 Å². The molecule has 1 aromatic heterocycles. The lowest BCUT2D eigenvalue weighted by Gasteiger charge is -2.13. The van der Waals surface area contributed by atoms with Crippen molar-refractivity contribution in [3.05, 3.63) is 45.3 Å². The summed E-state index contributed by atoms with van der Waals surface area (Å²) in [5.74, 6) is 0.0417. The number of hydrogen-bond donors (Lipinski definition) is 1. The Morgan fingerprint density at radius 2 is 2.00 bits per heavy atom. The predicted octanol–water partition coefficient (Wildman–Crippen LogP) is 5.29. The maximum atomic E-state index is 12.9. The maximum Gasteiger partial charge on any atom is 0.411 e. The van der Waals surface area contributed by atoms with Crippen LogP contribution in [0.1, 0.15) is 54.8 Å². The summed E-state index contributed by atoms with van der Waals surface area (Å²) in [5.41, 5.74) is 0.572. The van der Waals surface area contributed by atoms with Gasteiger partial charge in [0.1, 0.15) is 5.76 Å². The van der Waals surface area contributed by atoms with Crippen molar-refractivity contribution in [2.24, 2.45) is 0 Å². The lowest BCUT2D eigenvalue weighted by molar-refractivity contribution is 0.103. The van der Waals surface area contributed by atoms with Crippen molar-refractivity contribution in [3.63, 3.8) is 0 Å². The molecule has 0 unspecified atom stereocenters. The SMILES string of the molecule is CCCOC(=O)Nc1c(C(=O)c2cnoc2C(C)C)ccc(Cl)c1Cl. The zero-order valence-corrected chi connectivity index (χ0v) is 15.6. The molecule has 0 saturated carbocycles. The quantitative estimate of drug-likeness (QED) is 0.683. The molecule has 0 aliphatic heterocycles. The number of rotatable bonds is 6. The summed E-state index contributed by atoms with van der Waals surface area (Å²) in [4.78, 5) is 24.8. The minimum atomic E-state index is -0.713. The van der Waals surface area contributed by atoms with Crippen LogP contribution < -0.4 is 5.32 Å². The number of hydrogen-bond acceptors (Lipinski definition) is 5. The highest BCUT2D eigenvalue weighted by molar-refractivity contribution is 6.44. The van der Waals surface area contributed by atoms with Crippen LogP contribution in [0.5, 0.6) is 0 Å². The summed E-state index contributed by atoms with van der Waals surface area (Å²) in [6.07, 6.45) is 1.30. The van der Waals surface area contributed by atoms with Crippen molar-refractivity contribution in [3.8, 4) is 0 Å². The van der Waals surface area contributed by atoms with E-state index in [0.717, 1.165) is 0 Å². The van der Waals surface area contributed by atoms with Crippen LogP contribution in [0.4, 0.5) is 10.5 Å². The average Bonchev–Trinajstić information content (AvgIpc) is 3.06. The molecule has 25 heavy (non-hydrogen) atoms. The first-order chi connectivity index (χ1) is 11.9. The van der Waals surface area contributed by atoms with Crippen LogP contribution in [0.15, 0.2) is 22.9 Å². The van der Waals surface area contributed by atoms with Gasteiger partial charge < -0.3 is 9.26 Å². The van der Waals surface area contributed by atoms with Crippen molar-refractivity contribution >= 4 is 40.8 Å². The maximum absolute atomic E-state index is 12.9. The van der Waals surface area contributed by atoms with E-state index >= 15 is 0 Å². The van der Waals surface area contributed by atoms with E-state index in [2.05, 4.69) is 10.5 Å². The minimum absolute atomic E-state index is 0.0323. The highest BCUT2D eigenvalue weighted by Crippen LogP contribution is 2.35. The second-order valence-corrected chi connectivity index (χ2v) is 6.42. The summed E-state index contributed by atoms with van der Waals surface area (Å²) in [6.45, 7) is 5.88. The average molecular weight is 385 g/mol. The fraction of sp³-hybridized carbons (Fsp3) is 0.353. The van der Waals surface area contributed by atoms with Gasteiger partial charge in [0.15, 0.2) is 5.78 Å². The molecule has 0 fully saturated rings. The Balaban J connectivity index is 2.43. The molecule has 0 saturated heterocycles. The Kier molecular flexibility index (Phi) is 6.45. The van der Waals surface area contributed by atoms with Crippen LogP contribution >= 0.6 is 23.2 Å². The van der Waals surface area contributed by atoms with Gasteiger partial charge in [-0.3, -0.25) is 10.1 Å². The first-order valence-corrected chi connectivity index (χ1v) is 8.53. The van der Waals surface area contributed by atoms with Gasteiger partial charge in [-0.15, -0.1) is 0 Å². The number of carbonyl (C=O) groups is 2. The molecule has 8 heteroatoms. The molecule has 0 atom stereocenters. The normalized spacial score (nSPS) is 10.8. The molecule has 0 bridgehead atoms. The molecular formula is C17H18Cl2N2O4. The van der Waals surface area contributed by atoms with E-state index < -0.39 is 6.09 Å². The van der Waals surface area contributed by atoms with Crippen molar-refractivity contribution in [1.29, 1.82) is 0 Å². The van der Waals surface area contributed by atoms with Crippen LogP contribution in [-0.2, 0) is 4.74 Å². The number of ketones is 1. The molecule has 6 nitrogen and oxygen atoms in total. The molecule has 1 heterocycles. The van der Waals surface area contributed by atoms with Crippen molar-refractivity contribution in [2.75, 3.05) is 11.9 Å². The van der Waals surface area contributed by atoms with Crippen LogP contribution in [0.25, 0.3) is 0 Å². The third kappa shape index (κ3) is 4.32. The minimum Gasteiger partial charge on any atom is -0.449 e. The number of ether oxygens (including phenoxy) is 1. The highest BCUT2D eigenvalue weighted by Gasteiger charge is 2.25. The van der Waals surface area contributed by atoms with E-state index in [1.807, 2.05) is 20.8 Å². The smallest absolute Gasteiger partial charge is 0.411 e. The van der Waals surface area contributed by atoms with Crippen molar-refractivity contribution in [2.45, 2.75) is 33.1 Å². The standard InChI is InChI=1S/C17H18Cl2N2O4/c1-4-7-24-17(23)21-14-10(5-6-12(18)13(14)19)15(22)11-8-20-25-16(11)9(2)3/h5-6,8-9H,4,7H2,1-3H3,(H,21,23). The largest absolute Gasteiger partial charge is 0.449 e. The third-order valence-electron chi connectivity index (χ3n) is 3.37. The van der Waals surface area contributed by atoms with Gasteiger partial charge in [-0.25, -0.2) is 4.79 Å². The Labute approximate surface area is 155 Å². The van der Waals surface area contributed by atoms with E-state index in [-0.39, 0.29) is 39.6 Å². The summed E-state index contributed by atoms with van der Waals surface area (Å²) in [5, 5.41) is 6.46. The van der Waals surface area contributed by atoms with Gasteiger partial charge in [0.2, 0.25) is 0 Å². The predicted molar refractivity (Wildman–Crippen MR) is 95.7 cm³/mol. The zero-order valence-electron chi connectivity index (χ0n) is 14.1. The van der Waals surface area contributed by atoms with Crippen LogP contribution in [-0.4, -0.2) is 23.6 Å².